The fraction of sp³-hybridized carbons (Fsp3) is 0.143. The van der Waals surface area contributed by atoms with Gasteiger partial charge in [0.25, 0.3) is 0 Å². The number of nitrogens with one attached hydrogen (secondary N) is 1. The van der Waals surface area contributed by atoms with E-state index in [2.05, 4.69) is 11.3 Å². The summed E-state index contributed by atoms with van der Waals surface area (Å²) in [6.07, 6.45) is 8.25. The predicted octanol–water partition coefficient (Wildman–Crippen LogP) is 0.417. The Morgan fingerprint density at radius 2 is 2.60 bits per heavy atom. The number of nitrogens with two attached hydrogens (primary N) is 1. The van der Waals surface area contributed by atoms with E-state index in [1.807, 2.05) is 0 Å². The summed E-state index contributed by atoms with van der Waals surface area (Å²) in [7, 11) is 0. The van der Waals surface area contributed by atoms with Crippen LogP contribution in [0.3, 0.4) is 0 Å². The van der Waals surface area contributed by atoms with Gasteiger partial charge in [-0.2, -0.15) is 0 Å². The summed E-state index contributed by atoms with van der Waals surface area (Å²) >= 11 is 0. The molecule has 1 aromatic rings. The number of furan rings is 1. The van der Waals surface area contributed by atoms with E-state index in [1.54, 1.807) is 18.6 Å². The normalized spacial score (nSPS) is 12.4. The van der Waals surface area contributed by atoms with E-state index in [0.29, 0.717) is 0 Å². The molecule has 1 rings (SSSR count). The fourth-order valence-corrected chi connectivity index (χ4v) is 0.680. The molecule has 3 heteroatoms. The molecule has 0 aliphatic heterocycles. The molecule has 0 aromatic carbocycles. The Kier molecular flexibility index (Phi) is 2.11. The van der Waals surface area contributed by atoms with Crippen LogP contribution >= 0.6 is 0 Å². The third-order valence-corrected chi connectivity index (χ3v) is 1.21. The molecule has 1 aromatic heterocycles. The molecule has 0 spiro atoms. The molecule has 0 aliphatic carbocycles. The van der Waals surface area contributed by atoms with Gasteiger partial charge in [-0.05, 0) is 6.07 Å². The Morgan fingerprint density at radius 3 is 3.00 bits per heavy atom. The smallest absolute Gasteiger partial charge is 0.110 e. The number of terminal acetylenes is 1. The minimum Gasteiger partial charge on any atom is -0.472 e. The molecule has 1 unspecified atom stereocenters. The molecule has 0 amide bonds. The van der Waals surface area contributed by atoms with E-state index >= 15 is 0 Å². The van der Waals surface area contributed by atoms with E-state index < -0.39 is 0 Å². The van der Waals surface area contributed by atoms with E-state index in [0.717, 1.165) is 5.56 Å². The van der Waals surface area contributed by atoms with Gasteiger partial charge in [-0.1, -0.05) is 5.92 Å². The largest absolute Gasteiger partial charge is 0.472 e. The highest BCUT2D eigenvalue weighted by molar-refractivity contribution is 5.20. The summed E-state index contributed by atoms with van der Waals surface area (Å²) in [6.45, 7) is 0. The second-order valence-corrected chi connectivity index (χ2v) is 1.82. The second-order valence-electron chi connectivity index (χ2n) is 1.82. The van der Waals surface area contributed by atoms with Crippen molar-refractivity contribution in [1.82, 2.24) is 5.43 Å². The number of hydrazine groups is 1. The van der Waals surface area contributed by atoms with Crippen LogP contribution in [0.2, 0.25) is 0 Å². The number of rotatable bonds is 2. The highest BCUT2D eigenvalue weighted by Gasteiger charge is 2.04. The third kappa shape index (κ3) is 1.18. The van der Waals surface area contributed by atoms with Gasteiger partial charge in [0, 0.05) is 5.56 Å². The van der Waals surface area contributed by atoms with Crippen molar-refractivity contribution in [1.29, 1.82) is 0 Å². The van der Waals surface area contributed by atoms with Gasteiger partial charge in [0.15, 0.2) is 0 Å². The second kappa shape index (κ2) is 3.06. The zero-order chi connectivity index (χ0) is 7.40. The lowest BCUT2D eigenvalue weighted by Crippen LogP contribution is -2.26. The minimum absolute atomic E-state index is 0.251. The van der Waals surface area contributed by atoms with E-state index in [-0.39, 0.29) is 6.04 Å². The van der Waals surface area contributed by atoms with Crippen molar-refractivity contribution in [3.8, 4) is 12.3 Å². The van der Waals surface area contributed by atoms with Gasteiger partial charge in [0.1, 0.15) is 6.04 Å². The van der Waals surface area contributed by atoms with Crippen LogP contribution in [0.5, 0.6) is 0 Å². The van der Waals surface area contributed by atoms with Crippen molar-refractivity contribution in [3.05, 3.63) is 24.2 Å². The Hall–Kier alpha value is -1.24. The topological polar surface area (TPSA) is 51.2 Å². The van der Waals surface area contributed by atoms with Crippen LogP contribution in [-0.4, -0.2) is 0 Å². The molecular weight excluding hydrogens is 128 g/mol. The average molecular weight is 136 g/mol. The van der Waals surface area contributed by atoms with Crippen LogP contribution in [-0.2, 0) is 0 Å². The molecular formula is C7H8N2O. The maximum absolute atomic E-state index is 5.14. The number of hydrogen-bond acceptors (Lipinski definition) is 3. The summed E-state index contributed by atoms with van der Waals surface area (Å²) in [6, 6.07) is 1.52. The molecule has 1 heterocycles. The predicted molar refractivity (Wildman–Crippen MR) is 37.6 cm³/mol. The van der Waals surface area contributed by atoms with Crippen LogP contribution < -0.4 is 11.3 Å². The first-order chi connectivity index (χ1) is 4.88. The summed E-state index contributed by atoms with van der Waals surface area (Å²) < 4.78 is 4.81. The summed E-state index contributed by atoms with van der Waals surface area (Å²) in [5, 5.41) is 0. The zero-order valence-corrected chi connectivity index (χ0v) is 5.37. The molecule has 0 saturated heterocycles. The van der Waals surface area contributed by atoms with Crippen molar-refractivity contribution in [2.45, 2.75) is 6.04 Å². The minimum atomic E-state index is -0.251. The van der Waals surface area contributed by atoms with Crippen LogP contribution in [0.25, 0.3) is 0 Å². The van der Waals surface area contributed by atoms with Crippen molar-refractivity contribution in [3.63, 3.8) is 0 Å². The lowest BCUT2D eigenvalue weighted by molar-refractivity contribution is 0.557. The molecule has 0 bridgehead atoms. The summed E-state index contributed by atoms with van der Waals surface area (Å²) in [5.74, 6) is 7.60. The van der Waals surface area contributed by atoms with Gasteiger partial charge >= 0.3 is 0 Å². The lowest BCUT2D eigenvalue weighted by atomic mass is 10.2. The molecule has 3 N–H and O–H groups in total. The molecule has 1 atom stereocenters. The van der Waals surface area contributed by atoms with Crippen molar-refractivity contribution in [2.24, 2.45) is 5.84 Å². The monoisotopic (exact) mass is 136 g/mol. The molecule has 0 radical (unpaired) electrons. The molecule has 0 saturated carbocycles. The first-order valence-electron chi connectivity index (χ1n) is 2.83. The first kappa shape index (κ1) is 6.87. The lowest BCUT2D eigenvalue weighted by Gasteiger charge is -2.03. The summed E-state index contributed by atoms with van der Waals surface area (Å²) in [5.41, 5.74) is 3.32. The molecule has 52 valence electrons. The van der Waals surface area contributed by atoms with Crippen LogP contribution in [0, 0.1) is 12.3 Å². The van der Waals surface area contributed by atoms with Gasteiger partial charge in [0.2, 0.25) is 0 Å². The first-order valence-corrected chi connectivity index (χ1v) is 2.83. The maximum atomic E-state index is 5.14. The zero-order valence-electron chi connectivity index (χ0n) is 5.37. The number of hydrogen-bond donors (Lipinski definition) is 2. The van der Waals surface area contributed by atoms with Crippen LogP contribution in [0.15, 0.2) is 23.0 Å². The fourth-order valence-electron chi connectivity index (χ4n) is 0.680. The average Bonchev–Trinajstić information content (AvgIpc) is 2.43. The van der Waals surface area contributed by atoms with E-state index in [9.17, 15) is 0 Å². The highest BCUT2D eigenvalue weighted by atomic mass is 16.3. The van der Waals surface area contributed by atoms with E-state index in [1.165, 1.54) is 0 Å². The molecule has 0 fully saturated rings. The maximum Gasteiger partial charge on any atom is 0.110 e. The molecule has 3 nitrogen and oxygen atoms in total. The van der Waals surface area contributed by atoms with Crippen molar-refractivity contribution >= 4 is 0 Å². The van der Waals surface area contributed by atoms with E-state index in [4.69, 9.17) is 16.7 Å². The van der Waals surface area contributed by atoms with Crippen LogP contribution in [0.4, 0.5) is 0 Å². The summed E-state index contributed by atoms with van der Waals surface area (Å²) in [4.78, 5) is 0. The third-order valence-electron chi connectivity index (χ3n) is 1.21. The Bertz CT molecular complexity index is 222. The Morgan fingerprint density at radius 1 is 1.80 bits per heavy atom. The Balaban J connectivity index is 2.76. The SMILES string of the molecule is C#CC(NN)c1ccoc1. The quantitative estimate of drug-likeness (QED) is 0.352. The Labute approximate surface area is 59.2 Å². The van der Waals surface area contributed by atoms with Gasteiger partial charge in [0.05, 0.1) is 12.5 Å². The highest BCUT2D eigenvalue weighted by Crippen LogP contribution is 2.09. The molecule has 10 heavy (non-hydrogen) atoms. The van der Waals surface area contributed by atoms with Gasteiger partial charge < -0.3 is 4.42 Å². The van der Waals surface area contributed by atoms with Gasteiger partial charge in [-0.3, -0.25) is 5.84 Å². The molecule has 0 aliphatic rings. The van der Waals surface area contributed by atoms with Gasteiger partial charge in [-0.15, -0.1) is 6.42 Å². The van der Waals surface area contributed by atoms with Crippen molar-refractivity contribution in [2.75, 3.05) is 0 Å². The van der Waals surface area contributed by atoms with Gasteiger partial charge in [-0.25, -0.2) is 5.43 Å². The van der Waals surface area contributed by atoms with Crippen molar-refractivity contribution < 1.29 is 4.42 Å². The van der Waals surface area contributed by atoms with Crippen LogP contribution in [0.1, 0.15) is 11.6 Å². The standard InChI is InChI=1S/C7H8N2O/c1-2-7(9-8)6-3-4-10-5-6/h1,3-5,7,9H,8H2.